The molecule has 128 valence electrons. The number of anilines is 3. The van der Waals surface area contributed by atoms with Crippen LogP contribution in [0.2, 0.25) is 0 Å². The zero-order valence-corrected chi connectivity index (χ0v) is 14.2. The summed E-state index contributed by atoms with van der Waals surface area (Å²) < 4.78 is 0. The minimum atomic E-state index is 0.572. The molecule has 0 saturated carbocycles. The van der Waals surface area contributed by atoms with Crippen LogP contribution in [0.3, 0.4) is 0 Å². The molecule has 5 rings (SSSR count). The van der Waals surface area contributed by atoms with Crippen molar-refractivity contribution in [2.24, 2.45) is 5.92 Å². The van der Waals surface area contributed by atoms with Gasteiger partial charge < -0.3 is 15.5 Å². The number of hydrogen-bond acceptors (Lipinski definition) is 6. The second kappa shape index (κ2) is 5.70. The zero-order chi connectivity index (χ0) is 16.8. The third kappa shape index (κ3) is 2.80. The van der Waals surface area contributed by atoms with Crippen molar-refractivity contribution in [3.63, 3.8) is 0 Å². The van der Waals surface area contributed by atoms with Gasteiger partial charge in [-0.3, -0.25) is 5.10 Å². The molecule has 2 aliphatic heterocycles. The molecular formula is C18H21N7. The van der Waals surface area contributed by atoms with Crippen LogP contribution in [0.4, 0.5) is 17.5 Å². The summed E-state index contributed by atoms with van der Waals surface area (Å²) in [4.78, 5) is 11.8. The Bertz CT molecular complexity index is 907. The molecule has 1 aromatic carbocycles. The number of fused-ring (bicyclic) bond motifs is 3. The van der Waals surface area contributed by atoms with Crippen molar-refractivity contribution in [3.8, 4) is 0 Å². The van der Waals surface area contributed by atoms with Crippen molar-refractivity contribution in [2.45, 2.75) is 19.4 Å². The third-order valence-electron chi connectivity index (χ3n) is 5.07. The number of rotatable bonds is 3. The molecule has 3 N–H and O–H groups in total. The van der Waals surface area contributed by atoms with Gasteiger partial charge in [0.25, 0.3) is 0 Å². The molecule has 2 saturated heterocycles. The van der Waals surface area contributed by atoms with Crippen LogP contribution in [0.15, 0.2) is 30.5 Å². The number of nitrogens with one attached hydrogen (secondary N) is 3. The maximum atomic E-state index is 4.77. The van der Waals surface area contributed by atoms with E-state index in [2.05, 4.69) is 36.8 Å². The SMILES string of the molecule is Cc1cc(Nc2ccc3[nH]ncc3c2)nc(N2CC3CNC(C3)C2)n1. The van der Waals surface area contributed by atoms with Gasteiger partial charge in [-0.15, -0.1) is 0 Å². The number of aryl methyl sites for hydroxylation is 1. The third-order valence-corrected chi connectivity index (χ3v) is 5.07. The molecule has 0 spiro atoms. The fraction of sp³-hybridized carbons (Fsp3) is 0.389. The van der Waals surface area contributed by atoms with E-state index in [1.165, 1.54) is 6.42 Å². The van der Waals surface area contributed by atoms with E-state index in [4.69, 9.17) is 4.98 Å². The lowest BCUT2D eigenvalue weighted by molar-refractivity contribution is 0.469. The first-order chi connectivity index (χ1) is 12.2. The fourth-order valence-electron chi connectivity index (χ4n) is 3.92. The first-order valence-corrected chi connectivity index (χ1v) is 8.77. The minimum absolute atomic E-state index is 0.572. The van der Waals surface area contributed by atoms with Gasteiger partial charge in [-0.2, -0.15) is 10.1 Å². The van der Waals surface area contributed by atoms with Crippen molar-refractivity contribution >= 4 is 28.4 Å². The van der Waals surface area contributed by atoms with Crippen LogP contribution in [0, 0.1) is 12.8 Å². The molecule has 0 amide bonds. The lowest BCUT2D eigenvalue weighted by Crippen LogP contribution is -2.42. The highest BCUT2D eigenvalue weighted by Gasteiger charge is 2.33. The highest BCUT2D eigenvalue weighted by molar-refractivity contribution is 5.82. The summed E-state index contributed by atoms with van der Waals surface area (Å²) in [5.41, 5.74) is 3.00. The number of H-pyrrole nitrogens is 1. The maximum absolute atomic E-state index is 4.77. The Balaban J connectivity index is 1.42. The Labute approximate surface area is 145 Å². The quantitative estimate of drug-likeness (QED) is 0.681. The Morgan fingerprint density at radius 3 is 3.08 bits per heavy atom. The van der Waals surface area contributed by atoms with Crippen molar-refractivity contribution < 1.29 is 0 Å². The van der Waals surface area contributed by atoms with Gasteiger partial charge in [-0.1, -0.05) is 0 Å². The lowest BCUT2D eigenvalue weighted by atomic mass is 10.0. The van der Waals surface area contributed by atoms with Gasteiger partial charge in [0.15, 0.2) is 0 Å². The number of piperidine rings is 1. The predicted octanol–water partition coefficient (Wildman–Crippen LogP) is 2.20. The predicted molar refractivity (Wildman–Crippen MR) is 98.3 cm³/mol. The molecule has 0 aliphatic carbocycles. The molecule has 0 radical (unpaired) electrons. The van der Waals surface area contributed by atoms with Crippen LogP contribution < -0.4 is 15.5 Å². The summed E-state index contributed by atoms with van der Waals surface area (Å²) >= 11 is 0. The smallest absolute Gasteiger partial charge is 0.227 e. The van der Waals surface area contributed by atoms with Gasteiger partial charge in [0.1, 0.15) is 5.82 Å². The number of benzene rings is 1. The van der Waals surface area contributed by atoms with E-state index in [0.717, 1.165) is 53.7 Å². The molecule has 4 heterocycles. The lowest BCUT2D eigenvalue weighted by Gasteiger charge is -2.31. The fourth-order valence-corrected chi connectivity index (χ4v) is 3.92. The normalized spacial score (nSPS) is 22.5. The van der Waals surface area contributed by atoms with Gasteiger partial charge in [-0.25, -0.2) is 4.98 Å². The second-order valence-corrected chi connectivity index (χ2v) is 7.10. The second-order valence-electron chi connectivity index (χ2n) is 7.10. The van der Waals surface area contributed by atoms with E-state index < -0.39 is 0 Å². The molecule has 7 nitrogen and oxygen atoms in total. The van der Waals surface area contributed by atoms with Crippen LogP contribution in [-0.4, -0.2) is 45.8 Å². The van der Waals surface area contributed by atoms with Crippen LogP contribution in [0.5, 0.6) is 0 Å². The maximum Gasteiger partial charge on any atom is 0.227 e. The largest absolute Gasteiger partial charge is 0.340 e. The molecule has 2 unspecified atom stereocenters. The molecular weight excluding hydrogens is 314 g/mol. The van der Waals surface area contributed by atoms with Gasteiger partial charge in [0, 0.05) is 48.5 Å². The molecule has 2 aromatic heterocycles. The van der Waals surface area contributed by atoms with E-state index in [9.17, 15) is 0 Å². The summed E-state index contributed by atoms with van der Waals surface area (Å²) in [7, 11) is 0. The molecule has 25 heavy (non-hydrogen) atoms. The molecule has 2 bridgehead atoms. The summed E-state index contributed by atoms with van der Waals surface area (Å²) in [5.74, 6) is 2.37. The van der Waals surface area contributed by atoms with Gasteiger partial charge in [0.05, 0.1) is 11.7 Å². The highest BCUT2D eigenvalue weighted by Crippen LogP contribution is 2.27. The molecule has 2 atom stereocenters. The molecule has 2 aliphatic rings. The van der Waals surface area contributed by atoms with E-state index >= 15 is 0 Å². The van der Waals surface area contributed by atoms with Crippen molar-refractivity contribution in [1.82, 2.24) is 25.5 Å². The van der Waals surface area contributed by atoms with Crippen molar-refractivity contribution in [3.05, 3.63) is 36.2 Å². The standard InChI is InChI=1S/C18H21N7/c1-11-4-17(22-14-2-3-16-13(6-14)8-20-24-16)23-18(21-11)25-9-12-5-15(10-25)19-7-12/h2-4,6,8,12,15,19H,5,7,9-10H2,1H3,(H,20,24)(H,21,22,23). The highest BCUT2D eigenvalue weighted by atomic mass is 15.3. The number of aromatic amines is 1. The summed E-state index contributed by atoms with van der Waals surface area (Å²) in [6.45, 7) is 5.16. The van der Waals surface area contributed by atoms with Crippen molar-refractivity contribution in [2.75, 3.05) is 29.9 Å². The summed E-state index contributed by atoms with van der Waals surface area (Å²) in [6, 6.07) is 8.68. The van der Waals surface area contributed by atoms with Crippen LogP contribution in [0.25, 0.3) is 10.9 Å². The number of nitrogens with zero attached hydrogens (tertiary/aromatic N) is 4. The zero-order valence-electron chi connectivity index (χ0n) is 14.2. The van der Waals surface area contributed by atoms with Crippen LogP contribution >= 0.6 is 0 Å². The summed E-state index contributed by atoms with van der Waals surface area (Å²) in [6.07, 6.45) is 3.10. The molecule has 2 fully saturated rings. The average Bonchev–Trinajstić information content (AvgIpc) is 3.19. The van der Waals surface area contributed by atoms with Gasteiger partial charge >= 0.3 is 0 Å². The van der Waals surface area contributed by atoms with E-state index in [1.54, 1.807) is 0 Å². The average molecular weight is 335 g/mol. The van der Waals surface area contributed by atoms with Crippen LogP contribution in [0.1, 0.15) is 12.1 Å². The Kier molecular flexibility index (Phi) is 3.34. The Morgan fingerprint density at radius 1 is 1.20 bits per heavy atom. The van der Waals surface area contributed by atoms with Crippen molar-refractivity contribution in [1.29, 1.82) is 0 Å². The number of aromatic nitrogens is 4. The van der Waals surface area contributed by atoms with Crippen LogP contribution in [-0.2, 0) is 0 Å². The van der Waals surface area contributed by atoms with Gasteiger partial charge in [-0.05, 0) is 37.5 Å². The molecule has 3 aromatic rings. The topological polar surface area (TPSA) is 81.8 Å². The Morgan fingerprint density at radius 2 is 2.16 bits per heavy atom. The number of hydrogen-bond donors (Lipinski definition) is 3. The first-order valence-electron chi connectivity index (χ1n) is 8.77. The van der Waals surface area contributed by atoms with E-state index in [1.807, 2.05) is 31.3 Å². The summed E-state index contributed by atoms with van der Waals surface area (Å²) in [5, 5.41) is 15.1. The van der Waals surface area contributed by atoms with Gasteiger partial charge in [0.2, 0.25) is 5.95 Å². The molecule has 7 heteroatoms. The monoisotopic (exact) mass is 335 g/mol. The van der Waals surface area contributed by atoms with E-state index in [0.29, 0.717) is 12.0 Å². The Hall–Kier alpha value is -2.67. The minimum Gasteiger partial charge on any atom is -0.340 e. The van der Waals surface area contributed by atoms with E-state index in [-0.39, 0.29) is 0 Å². The first kappa shape index (κ1) is 14.7.